The minimum atomic E-state index is -0.749. The van der Waals surface area contributed by atoms with Crippen molar-refractivity contribution in [1.82, 2.24) is 5.32 Å². The van der Waals surface area contributed by atoms with Crippen LogP contribution in [0.4, 0.5) is 8.78 Å². The third-order valence-electron chi connectivity index (χ3n) is 3.44. The second-order valence-corrected chi connectivity index (χ2v) is 5.71. The summed E-state index contributed by atoms with van der Waals surface area (Å²) in [5.74, 6) is -1.37. The molecule has 1 fully saturated rings. The minimum absolute atomic E-state index is 0.0333. The van der Waals surface area contributed by atoms with E-state index in [1.165, 1.54) is 0 Å². The van der Waals surface area contributed by atoms with Crippen molar-refractivity contribution in [2.24, 2.45) is 11.8 Å². The van der Waals surface area contributed by atoms with E-state index in [1.54, 1.807) is 0 Å². The molecule has 0 unspecified atom stereocenters. The maximum absolute atomic E-state index is 13.8. The van der Waals surface area contributed by atoms with E-state index in [2.05, 4.69) is 5.32 Å². The van der Waals surface area contributed by atoms with Crippen molar-refractivity contribution in [2.75, 3.05) is 13.1 Å². The molecule has 0 aromatic heterocycles. The van der Waals surface area contributed by atoms with Crippen molar-refractivity contribution in [3.8, 4) is 5.75 Å². The average Bonchev–Trinajstić information content (AvgIpc) is 2.80. The van der Waals surface area contributed by atoms with E-state index in [4.69, 9.17) is 16.3 Å². The Labute approximate surface area is 117 Å². The standard InChI is InChI=1S/C14H18ClF2NO/c1-8(2)13(9-3-4-18-7-9)19-14-11(16)5-10(15)6-12(14)17/h5-6,8-9,13,18H,3-4,7H2,1-2H3/t9-,13-/m0/s1. The van der Waals surface area contributed by atoms with Gasteiger partial charge in [0, 0.05) is 17.5 Å². The normalized spacial score (nSPS) is 20.8. The summed E-state index contributed by atoms with van der Waals surface area (Å²) in [6, 6.07) is 2.15. The van der Waals surface area contributed by atoms with Gasteiger partial charge in [0.2, 0.25) is 0 Å². The zero-order valence-corrected chi connectivity index (χ0v) is 11.8. The molecule has 1 aliphatic rings. The SMILES string of the molecule is CC(C)[C@H](Oc1c(F)cc(Cl)cc1F)[C@H]1CCNC1. The molecule has 0 aliphatic carbocycles. The van der Waals surface area contributed by atoms with Crippen LogP contribution in [0.2, 0.25) is 5.02 Å². The maximum Gasteiger partial charge on any atom is 0.191 e. The molecular formula is C14H18ClF2NO. The van der Waals surface area contributed by atoms with E-state index < -0.39 is 11.6 Å². The van der Waals surface area contributed by atoms with Crippen LogP contribution in [0, 0.1) is 23.5 Å². The first-order valence-corrected chi connectivity index (χ1v) is 6.88. The number of halogens is 3. The van der Waals surface area contributed by atoms with Crippen LogP contribution in [0.25, 0.3) is 0 Å². The molecule has 19 heavy (non-hydrogen) atoms. The molecule has 1 aliphatic heterocycles. The summed E-state index contributed by atoms with van der Waals surface area (Å²) >= 11 is 5.60. The molecule has 0 bridgehead atoms. The van der Waals surface area contributed by atoms with Crippen molar-refractivity contribution in [2.45, 2.75) is 26.4 Å². The van der Waals surface area contributed by atoms with Crippen molar-refractivity contribution in [3.05, 3.63) is 28.8 Å². The van der Waals surface area contributed by atoms with Crippen molar-refractivity contribution < 1.29 is 13.5 Å². The lowest BCUT2D eigenvalue weighted by atomic mass is 9.92. The summed E-state index contributed by atoms with van der Waals surface area (Å²) in [6.45, 7) is 5.73. The van der Waals surface area contributed by atoms with E-state index >= 15 is 0 Å². The minimum Gasteiger partial charge on any atom is -0.484 e. The number of rotatable bonds is 4. The number of nitrogens with one attached hydrogen (secondary N) is 1. The summed E-state index contributed by atoms with van der Waals surface area (Å²) in [7, 11) is 0. The summed E-state index contributed by atoms with van der Waals surface area (Å²) in [5, 5.41) is 3.28. The fourth-order valence-electron chi connectivity index (χ4n) is 2.51. The second-order valence-electron chi connectivity index (χ2n) is 5.28. The van der Waals surface area contributed by atoms with Crippen LogP contribution in [0.1, 0.15) is 20.3 Å². The lowest BCUT2D eigenvalue weighted by Gasteiger charge is -2.28. The van der Waals surface area contributed by atoms with Crippen LogP contribution < -0.4 is 10.1 Å². The lowest BCUT2D eigenvalue weighted by Crippen LogP contribution is -2.34. The number of benzene rings is 1. The van der Waals surface area contributed by atoms with E-state index in [9.17, 15) is 8.78 Å². The molecule has 1 aromatic rings. The molecule has 1 N–H and O–H groups in total. The molecule has 106 valence electrons. The molecule has 2 atom stereocenters. The summed E-state index contributed by atoms with van der Waals surface area (Å²) in [4.78, 5) is 0. The predicted octanol–water partition coefficient (Wildman–Crippen LogP) is 3.63. The van der Waals surface area contributed by atoms with Crippen molar-refractivity contribution >= 4 is 11.6 Å². The van der Waals surface area contributed by atoms with Gasteiger partial charge >= 0.3 is 0 Å². The van der Waals surface area contributed by atoms with Gasteiger partial charge in [-0.2, -0.15) is 0 Å². The third kappa shape index (κ3) is 3.37. The molecule has 5 heteroatoms. The Morgan fingerprint density at radius 2 is 1.95 bits per heavy atom. The Morgan fingerprint density at radius 3 is 2.42 bits per heavy atom. The Hall–Kier alpha value is -0.870. The van der Waals surface area contributed by atoms with Gasteiger partial charge in [-0.05, 0) is 31.0 Å². The Kier molecular flexibility index (Phi) is 4.63. The molecule has 0 saturated carbocycles. The predicted molar refractivity (Wildman–Crippen MR) is 71.6 cm³/mol. The zero-order valence-electron chi connectivity index (χ0n) is 11.1. The smallest absolute Gasteiger partial charge is 0.191 e. The highest BCUT2D eigenvalue weighted by Crippen LogP contribution is 2.30. The van der Waals surface area contributed by atoms with Crippen LogP contribution in [0.3, 0.4) is 0 Å². The second kappa shape index (κ2) is 6.06. The van der Waals surface area contributed by atoms with E-state index in [1.807, 2.05) is 13.8 Å². The Morgan fingerprint density at radius 1 is 1.32 bits per heavy atom. The van der Waals surface area contributed by atoms with E-state index in [0.29, 0.717) is 0 Å². The van der Waals surface area contributed by atoms with E-state index in [0.717, 1.165) is 31.6 Å². The fourth-order valence-corrected chi connectivity index (χ4v) is 2.70. The zero-order chi connectivity index (χ0) is 14.0. The largest absolute Gasteiger partial charge is 0.484 e. The molecule has 0 amide bonds. The van der Waals surface area contributed by atoms with Gasteiger partial charge in [-0.25, -0.2) is 8.78 Å². The van der Waals surface area contributed by atoms with Crippen LogP contribution in [-0.2, 0) is 0 Å². The first-order valence-electron chi connectivity index (χ1n) is 6.51. The summed E-state index contributed by atoms with van der Waals surface area (Å²) < 4.78 is 33.1. The van der Waals surface area contributed by atoms with Crippen LogP contribution in [0.15, 0.2) is 12.1 Å². The fraction of sp³-hybridized carbons (Fsp3) is 0.571. The highest BCUT2D eigenvalue weighted by molar-refractivity contribution is 6.30. The maximum atomic E-state index is 13.8. The third-order valence-corrected chi connectivity index (χ3v) is 3.66. The summed E-state index contributed by atoms with van der Waals surface area (Å²) in [5.41, 5.74) is 0. The van der Waals surface area contributed by atoms with Crippen molar-refractivity contribution in [3.63, 3.8) is 0 Å². The Balaban J connectivity index is 2.21. The van der Waals surface area contributed by atoms with Gasteiger partial charge in [0.25, 0.3) is 0 Å². The van der Waals surface area contributed by atoms with Gasteiger partial charge in [-0.1, -0.05) is 25.4 Å². The first kappa shape index (κ1) is 14.5. The lowest BCUT2D eigenvalue weighted by molar-refractivity contribution is 0.0879. The molecule has 1 aromatic carbocycles. The topological polar surface area (TPSA) is 21.3 Å². The van der Waals surface area contributed by atoms with Crippen LogP contribution in [0.5, 0.6) is 5.75 Å². The quantitative estimate of drug-likeness (QED) is 0.914. The molecular weight excluding hydrogens is 272 g/mol. The van der Waals surface area contributed by atoms with Gasteiger partial charge in [-0.15, -0.1) is 0 Å². The van der Waals surface area contributed by atoms with E-state index in [-0.39, 0.29) is 28.7 Å². The number of ether oxygens (including phenoxy) is 1. The number of hydrogen-bond donors (Lipinski definition) is 1. The number of hydrogen-bond acceptors (Lipinski definition) is 2. The monoisotopic (exact) mass is 289 g/mol. The highest BCUT2D eigenvalue weighted by atomic mass is 35.5. The van der Waals surface area contributed by atoms with Crippen molar-refractivity contribution in [1.29, 1.82) is 0 Å². The van der Waals surface area contributed by atoms with Crippen LogP contribution >= 0.6 is 11.6 Å². The molecule has 0 radical (unpaired) electrons. The first-order chi connectivity index (χ1) is 8.99. The van der Waals surface area contributed by atoms with Gasteiger partial charge < -0.3 is 10.1 Å². The van der Waals surface area contributed by atoms with Gasteiger partial charge in [0.05, 0.1) is 0 Å². The average molecular weight is 290 g/mol. The highest BCUT2D eigenvalue weighted by Gasteiger charge is 2.30. The summed E-state index contributed by atoms with van der Waals surface area (Å²) in [6.07, 6.45) is 0.750. The molecule has 2 rings (SSSR count). The van der Waals surface area contributed by atoms with Crippen LogP contribution in [-0.4, -0.2) is 19.2 Å². The van der Waals surface area contributed by atoms with Gasteiger partial charge in [0.15, 0.2) is 17.4 Å². The Bertz CT molecular complexity index is 424. The molecule has 1 heterocycles. The van der Waals surface area contributed by atoms with Gasteiger partial charge in [0.1, 0.15) is 6.10 Å². The van der Waals surface area contributed by atoms with Gasteiger partial charge in [-0.3, -0.25) is 0 Å². The molecule has 1 saturated heterocycles. The molecule has 2 nitrogen and oxygen atoms in total. The molecule has 0 spiro atoms.